The molecule has 1 aliphatic heterocycles. The molecule has 2 aliphatic rings. The zero-order valence-corrected chi connectivity index (χ0v) is 13.0. The Labute approximate surface area is 130 Å². The molecule has 4 rings (SSSR count). The van der Waals surface area contributed by atoms with Gasteiger partial charge in [-0.25, -0.2) is 0 Å². The molecule has 116 valence electrons. The Morgan fingerprint density at radius 3 is 2.32 bits per heavy atom. The monoisotopic (exact) mass is 298 g/mol. The number of hydrogen-bond donors (Lipinski definition) is 0. The summed E-state index contributed by atoms with van der Waals surface area (Å²) in [7, 11) is 0. The number of rotatable bonds is 3. The van der Waals surface area contributed by atoms with E-state index in [1.165, 1.54) is 24.0 Å². The second-order valence-corrected chi connectivity index (χ2v) is 6.19. The number of benzene rings is 1. The Morgan fingerprint density at radius 1 is 1.05 bits per heavy atom. The van der Waals surface area contributed by atoms with Gasteiger partial charge in [-0.15, -0.1) is 5.10 Å². The minimum Gasteiger partial charge on any atom is -0.408 e. The van der Waals surface area contributed by atoms with Crippen molar-refractivity contribution in [2.45, 2.75) is 32.2 Å². The van der Waals surface area contributed by atoms with Crippen LogP contribution >= 0.6 is 0 Å². The zero-order chi connectivity index (χ0) is 14.9. The number of nitrogens with zero attached hydrogens (tertiary/aromatic N) is 4. The molecule has 5 nitrogen and oxygen atoms in total. The minimum absolute atomic E-state index is 0.661. The van der Waals surface area contributed by atoms with Crippen LogP contribution in [0.1, 0.15) is 23.9 Å². The number of aryl methyl sites for hydroxylation is 1. The summed E-state index contributed by atoms with van der Waals surface area (Å²) in [5.74, 6) is 0.726. The minimum atomic E-state index is 0.661. The quantitative estimate of drug-likeness (QED) is 0.866. The predicted octanol–water partition coefficient (Wildman–Crippen LogP) is 1.92. The number of piperazine rings is 1. The van der Waals surface area contributed by atoms with Gasteiger partial charge in [-0.1, -0.05) is 36.3 Å². The van der Waals surface area contributed by atoms with E-state index in [1.54, 1.807) is 0 Å². The highest BCUT2D eigenvalue weighted by molar-refractivity contribution is 5.34. The van der Waals surface area contributed by atoms with Crippen LogP contribution < -0.4 is 4.90 Å². The number of anilines is 1. The zero-order valence-electron chi connectivity index (χ0n) is 13.0. The third-order valence-corrected chi connectivity index (χ3v) is 4.89. The molecule has 0 N–H and O–H groups in total. The first-order valence-electron chi connectivity index (χ1n) is 8.21. The van der Waals surface area contributed by atoms with Crippen molar-refractivity contribution in [2.75, 3.05) is 31.1 Å². The third-order valence-electron chi connectivity index (χ3n) is 4.89. The van der Waals surface area contributed by atoms with E-state index in [9.17, 15) is 0 Å². The van der Waals surface area contributed by atoms with Crippen LogP contribution in [0.25, 0.3) is 0 Å². The van der Waals surface area contributed by atoms with Crippen molar-refractivity contribution in [3.63, 3.8) is 0 Å². The lowest BCUT2D eigenvalue weighted by Crippen LogP contribution is -2.50. The standard InChI is InChI=1S/C17H22N4O/c1-2-16-18-19-17(22-16)21-9-7-20(8-10-21)15-11-13-5-3-4-6-14(13)12-15/h3-6,15H,2,7-12H2,1H3. The SMILES string of the molecule is CCc1nnc(N2CCN(C3Cc4ccccc4C3)CC2)o1. The van der Waals surface area contributed by atoms with Gasteiger partial charge in [0.1, 0.15) is 0 Å². The van der Waals surface area contributed by atoms with Gasteiger partial charge in [-0.3, -0.25) is 4.90 Å². The molecule has 0 bridgehead atoms. The summed E-state index contributed by atoms with van der Waals surface area (Å²) in [5, 5.41) is 8.22. The molecular formula is C17H22N4O. The molecular weight excluding hydrogens is 276 g/mol. The molecule has 0 amide bonds. The van der Waals surface area contributed by atoms with Crippen LogP contribution in [0.4, 0.5) is 6.01 Å². The maximum atomic E-state index is 5.67. The number of hydrogen-bond acceptors (Lipinski definition) is 5. The Balaban J connectivity index is 1.37. The second kappa shape index (κ2) is 5.72. The van der Waals surface area contributed by atoms with E-state index in [1.807, 2.05) is 6.92 Å². The second-order valence-electron chi connectivity index (χ2n) is 6.19. The lowest BCUT2D eigenvalue weighted by molar-refractivity contribution is 0.187. The van der Waals surface area contributed by atoms with Gasteiger partial charge in [0, 0.05) is 38.6 Å². The van der Waals surface area contributed by atoms with E-state index < -0.39 is 0 Å². The van der Waals surface area contributed by atoms with Crippen LogP contribution in [0.15, 0.2) is 28.7 Å². The molecule has 2 heterocycles. The first kappa shape index (κ1) is 13.8. The molecule has 1 aromatic carbocycles. The Hall–Kier alpha value is -1.88. The van der Waals surface area contributed by atoms with Crippen LogP contribution in [0.5, 0.6) is 0 Å². The Kier molecular flexibility index (Phi) is 3.58. The van der Waals surface area contributed by atoms with E-state index >= 15 is 0 Å². The normalized spacial score (nSPS) is 19.6. The molecule has 1 saturated heterocycles. The molecule has 2 aromatic rings. The first-order chi connectivity index (χ1) is 10.8. The molecule has 0 saturated carbocycles. The summed E-state index contributed by atoms with van der Waals surface area (Å²) in [5.41, 5.74) is 3.05. The van der Waals surface area contributed by atoms with Gasteiger partial charge >= 0.3 is 6.01 Å². The van der Waals surface area contributed by atoms with Gasteiger partial charge in [-0.05, 0) is 24.0 Å². The molecule has 0 atom stereocenters. The summed E-state index contributed by atoms with van der Waals surface area (Å²) in [6.45, 7) is 6.12. The highest BCUT2D eigenvalue weighted by Crippen LogP contribution is 2.26. The molecule has 1 fully saturated rings. The fourth-order valence-electron chi connectivity index (χ4n) is 3.59. The van der Waals surface area contributed by atoms with Crippen molar-refractivity contribution >= 4 is 6.01 Å². The molecule has 1 aromatic heterocycles. The first-order valence-corrected chi connectivity index (χ1v) is 8.21. The number of aromatic nitrogens is 2. The topological polar surface area (TPSA) is 45.4 Å². The van der Waals surface area contributed by atoms with E-state index in [4.69, 9.17) is 4.42 Å². The van der Waals surface area contributed by atoms with E-state index in [2.05, 4.69) is 44.3 Å². The molecule has 0 radical (unpaired) electrons. The Morgan fingerprint density at radius 2 is 1.73 bits per heavy atom. The van der Waals surface area contributed by atoms with Crippen molar-refractivity contribution in [2.24, 2.45) is 0 Å². The van der Waals surface area contributed by atoms with Gasteiger partial charge in [0.05, 0.1) is 0 Å². The predicted molar refractivity (Wildman–Crippen MR) is 85.1 cm³/mol. The van der Waals surface area contributed by atoms with Gasteiger partial charge in [0.25, 0.3) is 0 Å². The highest BCUT2D eigenvalue weighted by Gasteiger charge is 2.30. The summed E-state index contributed by atoms with van der Waals surface area (Å²) in [6.07, 6.45) is 3.18. The van der Waals surface area contributed by atoms with Gasteiger partial charge in [0.2, 0.25) is 5.89 Å². The maximum Gasteiger partial charge on any atom is 0.318 e. The fourth-order valence-corrected chi connectivity index (χ4v) is 3.59. The van der Waals surface area contributed by atoms with Crippen molar-refractivity contribution in [1.82, 2.24) is 15.1 Å². The van der Waals surface area contributed by atoms with Crippen molar-refractivity contribution < 1.29 is 4.42 Å². The van der Waals surface area contributed by atoms with Crippen molar-refractivity contribution in [3.05, 3.63) is 41.3 Å². The summed E-state index contributed by atoms with van der Waals surface area (Å²) in [4.78, 5) is 4.83. The summed E-state index contributed by atoms with van der Waals surface area (Å²) >= 11 is 0. The molecule has 0 unspecified atom stereocenters. The summed E-state index contributed by atoms with van der Waals surface area (Å²) < 4.78 is 5.67. The van der Waals surface area contributed by atoms with E-state index in [0.29, 0.717) is 12.1 Å². The van der Waals surface area contributed by atoms with Gasteiger partial charge in [0.15, 0.2) is 0 Å². The van der Waals surface area contributed by atoms with Crippen LogP contribution in [-0.2, 0) is 19.3 Å². The van der Waals surface area contributed by atoms with Gasteiger partial charge in [-0.2, -0.15) is 0 Å². The smallest absolute Gasteiger partial charge is 0.318 e. The van der Waals surface area contributed by atoms with E-state index in [0.717, 1.165) is 38.5 Å². The Bertz CT molecular complexity index is 621. The third kappa shape index (κ3) is 2.50. The van der Waals surface area contributed by atoms with Crippen LogP contribution in [0, 0.1) is 0 Å². The van der Waals surface area contributed by atoms with Crippen LogP contribution in [0.3, 0.4) is 0 Å². The van der Waals surface area contributed by atoms with Gasteiger partial charge < -0.3 is 9.32 Å². The van der Waals surface area contributed by atoms with Crippen molar-refractivity contribution in [3.8, 4) is 0 Å². The number of fused-ring (bicyclic) bond motifs is 1. The molecule has 5 heteroatoms. The lowest BCUT2D eigenvalue weighted by Gasteiger charge is -2.37. The average Bonchev–Trinajstić information content (AvgIpc) is 3.21. The highest BCUT2D eigenvalue weighted by atomic mass is 16.4. The average molecular weight is 298 g/mol. The fraction of sp³-hybridized carbons (Fsp3) is 0.529. The summed E-state index contributed by atoms with van der Waals surface area (Å²) in [6, 6.07) is 10.2. The van der Waals surface area contributed by atoms with Crippen LogP contribution in [0.2, 0.25) is 0 Å². The van der Waals surface area contributed by atoms with E-state index in [-0.39, 0.29) is 0 Å². The maximum absolute atomic E-state index is 5.67. The molecule has 1 aliphatic carbocycles. The molecule has 0 spiro atoms. The van der Waals surface area contributed by atoms with Crippen LogP contribution in [-0.4, -0.2) is 47.3 Å². The lowest BCUT2D eigenvalue weighted by atomic mass is 10.1. The molecule has 22 heavy (non-hydrogen) atoms. The van der Waals surface area contributed by atoms with Crippen molar-refractivity contribution in [1.29, 1.82) is 0 Å². The largest absolute Gasteiger partial charge is 0.408 e.